The number of rotatable bonds is 4. The van der Waals surface area contributed by atoms with Gasteiger partial charge in [0.25, 0.3) is 0 Å². The summed E-state index contributed by atoms with van der Waals surface area (Å²) in [5, 5.41) is 0. The van der Waals surface area contributed by atoms with Crippen LogP contribution in [0.3, 0.4) is 0 Å². The van der Waals surface area contributed by atoms with Crippen LogP contribution in [0.4, 0.5) is 0 Å². The lowest BCUT2D eigenvalue weighted by Crippen LogP contribution is -2.28. The summed E-state index contributed by atoms with van der Waals surface area (Å²) < 4.78 is 0. The summed E-state index contributed by atoms with van der Waals surface area (Å²) in [4.78, 5) is 4.04. The normalized spacial score (nSPS) is 11.5. The van der Waals surface area contributed by atoms with Crippen molar-refractivity contribution in [3.63, 3.8) is 0 Å². The quantitative estimate of drug-likeness (QED) is 0.892. The van der Waals surface area contributed by atoms with E-state index in [4.69, 9.17) is 5.73 Å². The van der Waals surface area contributed by atoms with Crippen LogP contribution in [-0.4, -0.2) is 11.5 Å². The first-order valence-electron chi connectivity index (χ1n) is 6.30. The average molecular weight is 240 g/mol. The Hall–Kier alpha value is -1.67. The average Bonchev–Trinajstić information content (AvgIpc) is 2.40. The Balaban J connectivity index is 2.23. The third kappa shape index (κ3) is 2.96. The van der Waals surface area contributed by atoms with E-state index in [1.165, 1.54) is 16.7 Å². The first-order valence-corrected chi connectivity index (χ1v) is 6.30. The van der Waals surface area contributed by atoms with Crippen molar-refractivity contribution < 1.29 is 0 Å². The zero-order valence-corrected chi connectivity index (χ0v) is 11.1. The Morgan fingerprint density at radius 3 is 2.44 bits per heavy atom. The van der Waals surface area contributed by atoms with Crippen LogP contribution in [0.5, 0.6) is 0 Å². The summed E-state index contributed by atoms with van der Waals surface area (Å²) in [6.07, 6.45) is 4.61. The van der Waals surface area contributed by atoms with E-state index in [9.17, 15) is 0 Å². The molecule has 0 radical (unpaired) electrons. The lowest BCUT2D eigenvalue weighted by atomic mass is 9.83. The smallest absolute Gasteiger partial charge is 0.0270 e. The zero-order chi connectivity index (χ0) is 13.0. The maximum absolute atomic E-state index is 5.83. The molecule has 1 aromatic heterocycles. The maximum Gasteiger partial charge on any atom is 0.0270 e. The van der Waals surface area contributed by atoms with E-state index in [-0.39, 0.29) is 5.41 Å². The van der Waals surface area contributed by atoms with Crippen LogP contribution in [0, 0.1) is 0 Å². The summed E-state index contributed by atoms with van der Waals surface area (Å²) in [7, 11) is 0. The van der Waals surface area contributed by atoms with Crippen LogP contribution in [-0.2, 0) is 11.8 Å². The van der Waals surface area contributed by atoms with E-state index in [0.29, 0.717) is 6.54 Å². The molecule has 0 fully saturated rings. The van der Waals surface area contributed by atoms with E-state index in [1.807, 2.05) is 12.4 Å². The fraction of sp³-hybridized carbons (Fsp3) is 0.312. The molecule has 1 heterocycles. The van der Waals surface area contributed by atoms with Gasteiger partial charge in [0.15, 0.2) is 0 Å². The lowest BCUT2D eigenvalue weighted by molar-refractivity contribution is 0.538. The van der Waals surface area contributed by atoms with Crippen LogP contribution >= 0.6 is 0 Å². The number of nitrogens with two attached hydrogens (primary N) is 1. The maximum atomic E-state index is 5.83. The van der Waals surface area contributed by atoms with Crippen LogP contribution < -0.4 is 5.73 Å². The van der Waals surface area contributed by atoms with E-state index in [2.05, 4.69) is 55.2 Å². The molecule has 0 unspecified atom stereocenters. The van der Waals surface area contributed by atoms with Gasteiger partial charge in [-0.25, -0.2) is 0 Å². The highest BCUT2D eigenvalue weighted by atomic mass is 14.6. The number of pyridine rings is 1. The first-order chi connectivity index (χ1) is 8.62. The summed E-state index contributed by atoms with van der Waals surface area (Å²) in [5.41, 5.74) is 9.78. The molecule has 1 aromatic carbocycles. The molecule has 94 valence electrons. The fourth-order valence-corrected chi connectivity index (χ4v) is 1.96. The molecule has 0 amide bonds. The zero-order valence-electron chi connectivity index (χ0n) is 11.1. The van der Waals surface area contributed by atoms with Crippen LogP contribution in [0.25, 0.3) is 0 Å². The van der Waals surface area contributed by atoms with Crippen molar-refractivity contribution in [2.75, 3.05) is 6.54 Å². The molecule has 2 rings (SSSR count). The molecule has 0 atom stereocenters. The van der Waals surface area contributed by atoms with Gasteiger partial charge in [0.1, 0.15) is 0 Å². The van der Waals surface area contributed by atoms with E-state index >= 15 is 0 Å². The second-order valence-corrected chi connectivity index (χ2v) is 5.32. The molecular weight excluding hydrogens is 220 g/mol. The number of nitrogens with zero attached hydrogens (tertiary/aromatic N) is 1. The van der Waals surface area contributed by atoms with Crippen molar-refractivity contribution in [3.8, 4) is 0 Å². The van der Waals surface area contributed by atoms with Crippen molar-refractivity contribution in [3.05, 3.63) is 65.5 Å². The minimum atomic E-state index is 0.0360. The number of benzene rings is 1. The molecule has 0 aliphatic rings. The molecule has 2 heteroatoms. The Morgan fingerprint density at radius 2 is 1.78 bits per heavy atom. The molecule has 0 saturated carbocycles. The number of hydrogen-bond acceptors (Lipinski definition) is 2. The summed E-state index contributed by atoms with van der Waals surface area (Å²) in [6.45, 7) is 5.02. The van der Waals surface area contributed by atoms with E-state index in [1.54, 1.807) is 0 Å². The van der Waals surface area contributed by atoms with Gasteiger partial charge < -0.3 is 5.73 Å². The van der Waals surface area contributed by atoms with Gasteiger partial charge in [-0.2, -0.15) is 0 Å². The summed E-state index contributed by atoms with van der Waals surface area (Å²) >= 11 is 0. The highest BCUT2D eigenvalue weighted by molar-refractivity contribution is 5.32. The van der Waals surface area contributed by atoms with Crippen LogP contribution in [0.1, 0.15) is 30.5 Å². The Morgan fingerprint density at radius 1 is 1.06 bits per heavy atom. The van der Waals surface area contributed by atoms with Gasteiger partial charge in [0, 0.05) is 24.4 Å². The third-order valence-electron chi connectivity index (χ3n) is 3.38. The summed E-state index contributed by atoms with van der Waals surface area (Å²) in [5.74, 6) is 0. The van der Waals surface area contributed by atoms with Crippen molar-refractivity contribution in [2.45, 2.75) is 25.7 Å². The van der Waals surface area contributed by atoms with Crippen molar-refractivity contribution in [1.82, 2.24) is 4.98 Å². The second-order valence-electron chi connectivity index (χ2n) is 5.32. The monoisotopic (exact) mass is 240 g/mol. The Bertz CT molecular complexity index is 504. The standard InChI is InChI=1S/C16H20N2/c1-16(2,12-17)15-5-3-4-14(11-15)10-13-6-8-18-9-7-13/h3-9,11H,10,12,17H2,1-2H3. The van der Waals surface area contributed by atoms with E-state index < -0.39 is 0 Å². The van der Waals surface area contributed by atoms with E-state index in [0.717, 1.165) is 6.42 Å². The Kier molecular flexibility index (Phi) is 3.78. The largest absolute Gasteiger partial charge is 0.330 e. The summed E-state index contributed by atoms with van der Waals surface area (Å²) in [6, 6.07) is 12.8. The molecule has 0 aliphatic carbocycles. The molecule has 18 heavy (non-hydrogen) atoms. The topological polar surface area (TPSA) is 38.9 Å². The number of hydrogen-bond donors (Lipinski definition) is 1. The predicted octanol–water partition coefficient (Wildman–Crippen LogP) is 2.91. The molecular formula is C16H20N2. The molecule has 2 N–H and O–H groups in total. The van der Waals surface area contributed by atoms with Crippen LogP contribution in [0.2, 0.25) is 0 Å². The SMILES string of the molecule is CC(C)(CN)c1cccc(Cc2ccncc2)c1. The minimum Gasteiger partial charge on any atom is -0.330 e. The predicted molar refractivity (Wildman–Crippen MR) is 75.6 cm³/mol. The highest BCUT2D eigenvalue weighted by Gasteiger charge is 2.18. The van der Waals surface area contributed by atoms with Crippen molar-refractivity contribution in [2.24, 2.45) is 5.73 Å². The third-order valence-corrected chi connectivity index (χ3v) is 3.38. The molecule has 2 aromatic rings. The van der Waals surface area contributed by atoms with Crippen molar-refractivity contribution in [1.29, 1.82) is 0 Å². The van der Waals surface area contributed by atoms with Gasteiger partial charge in [0.05, 0.1) is 0 Å². The van der Waals surface area contributed by atoms with Gasteiger partial charge in [-0.05, 0) is 35.2 Å². The minimum absolute atomic E-state index is 0.0360. The fourth-order valence-electron chi connectivity index (χ4n) is 1.96. The molecule has 0 spiro atoms. The van der Waals surface area contributed by atoms with Crippen molar-refractivity contribution >= 4 is 0 Å². The molecule has 2 nitrogen and oxygen atoms in total. The van der Waals surface area contributed by atoms with Gasteiger partial charge in [0.2, 0.25) is 0 Å². The number of aromatic nitrogens is 1. The molecule has 0 bridgehead atoms. The highest BCUT2D eigenvalue weighted by Crippen LogP contribution is 2.23. The van der Waals surface area contributed by atoms with Gasteiger partial charge in [-0.1, -0.05) is 38.1 Å². The molecule has 0 aliphatic heterocycles. The van der Waals surface area contributed by atoms with Crippen LogP contribution in [0.15, 0.2) is 48.8 Å². The first kappa shape index (κ1) is 12.8. The van der Waals surface area contributed by atoms with Gasteiger partial charge >= 0.3 is 0 Å². The second kappa shape index (κ2) is 5.32. The van der Waals surface area contributed by atoms with Gasteiger partial charge in [-0.3, -0.25) is 4.98 Å². The molecule has 0 saturated heterocycles. The lowest BCUT2D eigenvalue weighted by Gasteiger charge is -2.23. The van der Waals surface area contributed by atoms with Gasteiger partial charge in [-0.15, -0.1) is 0 Å². The Labute approximate surface area is 109 Å².